The molecule has 2 aliphatic heterocycles. The van der Waals surface area contributed by atoms with Crippen molar-refractivity contribution in [3.8, 4) is 0 Å². The Bertz CT molecular complexity index is 1120. The summed E-state index contributed by atoms with van der Waals surface area (Å²) < 4.78 is 1.78. The molecular weight excluding hydrogens is 340 g/mol. The number of rotatable bonds is 1. The smallest absolute Gasteiger partial charge is 0.261 e. The molecule has 4 heterocycles. The molecule has 6 nitrogen and oxygen atoms in total. The van der Waals surface area contributed by atoms with Crippen molar-refractivity contribution < 1.29 is 4.79 Å². The Kier molecular flexibility index (Phi) is 3.60. The predicted octanol–water partition coefficient (Wildman–Crippen LogP) is 2.33. The lowest BCUT2D eigenvalue weighted by Gasteiger charge is -2.28. The highest BCUT2D eigenvalue weighted by Crippen LogP contribution is 2.32. The Labute approximate surface area is 156 Å². The Morgan fingerprint density at radius 3 is 2.78 bits per heavy atom. The van der Waals surface area contributed by atoms with Crippen LogP contribution in [0, 0.1) is 6.92 Å². The number of nitrogens with zero attached hydrogens (tertiary/aromatic N) is 4. The number of pyridine rings is 1. The summed E-state index contributed by atoms with van der Waals surface area (Å²) in [5.74, 6) is 0.796. The second-order valence-corrected chi connectivity index (χ2v) is 7.40. The van der Waals surface area contributed by atoms with Crippen molar-refractivity contribution in [1.82, 2.24) is 19.4 Å². The number of benzene rings is 1. The summed E-state index contributed by atoms with van der Waals surface area (Å²) in [5, 5.41) is 0.639. The molecule has 2 aromatic heterocycles. The minimum atomic E-state index is -0.00638. The third kappa shape index (κ3) is 2.47. The fourth-order valence-corrected chi connectivity index (χ4v) is 4.50. The number of hydrogen-bond acceptors (Lipinski definition) is 4. The maximum absolute atomic E-state index is 13.3. The number of fused-ring (bicyclic) bond motifs is 4. The molecule has 5 rings (SSSR count). The van der Waals surface area contributed by atoms with Crippen LogP contribution >= 0.6 is 0 Å². The van der Waals surface area contributed by atoms with E-state index in [4.69, 9.17) is 4.98 Å². The van der Waals surface area contributed by atoms with E-state index in [1.165, 1.54) is 0 Å². The summed E-state index contributed by atoms with van der Waals surface area (Å²) in [5.41, 5.74) is 2.11. The zero-order chi connectivity index (χ0) is 18.5. The van der Waals surface area contributed by atoms with Gasteiger partial charge in [-0.25, -0.2) is 4.98 Å². The summed E-state index contributed by atoms with van der Waals surface area (Å²) in [6.45, 7) is 2.37. The van der Waals surface area contributed by atoms with Gasteiger partial charge in [-0.05, 0) is 44.0 Å². The van der Waals surface area contributed by atoms with Crippen molar-refractivity contribution in [2.45, 2.75) is 44.8 Å². The molecule has 3 aromatic rings. The van der Waals surface area contributed by atoms with Crippen molar-refractivity contribution in [2.75, 3.05) is 0 Å². The third-order valence-corrected chi connectivity index (χ3v) is 5.84. The van der Waals surface area contributed by atoms with E-state index in [9.17, 15) is 9.59 Å². The van der Waals surface area contributed by atoms with E-state index in [1.807, 2.05) is 42.2 Å². The van der Waals surface area contributed by atoms with E-state index in [0.29, 0.717) is 23.9 Å². The van der Waals surface area contributed by atoms with Crippen LogP contribution in [0.15, 0.2) is 47.4 Å². The molecule has 0 spiro atoms. The van der Waals surface area contributed by atoms with Gasteiger partial charge in [0, 0.05) is 30.9 Å². The molecule has 136 valence electrons. The number of para-hydroxylation sites is 1. The van der Waals surface area contributed by atoms with Gasteiger partial charge in [-0.1, -0.05) is 12.1 Å². The van der Waals surface area contributed by atoms with E-state index in [2.05, 4.69) is 4.98 Å². The Balaban J connectivity index is 1.59. The Hall–Kier alpha value is -3.02. The molecule has 2 aliphatic rings. The number of aryl methyl sites for hydroxylation is 1. The molecule has 0 N–H and O–H groups in total. The molecule has 2 bridgehead atoms. The van der Waals surface area contributed by atoms with Crippen LogP contribution in [0.1, 0.15) is 34.7 Å². The molecule has 6 heteroatoms. The van der Waals surface area contributed by atoms with E-state index in [0.717, 1.165) is 29.9 Å². The number of carbonyl (C=O) groups excluding carboxylic acids is 1. The van der Waals surface area contributed by atoms with Crippen LogP contribution in [0.5, 0.6) is 0 Å². The molecule has 0 saturated carbocycles. The maximum atomic E-state index is 13.3. The molecule has 0 unspecified atom stereocenters. The zero-order valence-corrected chi connectivity index (χ0v) is 15.1. The van der Waals surface area contributed by atoms with Gasteiger partial charge in [0.15, 0.2) is 0 Å². The Morgan fingerprint density at radius 1 is 1.11 bits per heavy atom. The van der Waals surface area contributed by atoms with Gasteiger partial charge in [-0.15, -0.1) is 0 Å². The lowest BCUT2D eigenvalue weighted by atomic mass is 10.1. The van der Waals surface area contributed by atoms with E-state index < -0.39 is 0 Å². The van der Waals surface area contributed by atoms with Crippen LogP contribution in [0.3, 0.4) is 0 Å². The van der Waals surface area contributed by atoms with Gasteiger partial charge in [0.2, 0.25) is 0 Å². The average Bonchev–Trinajstić information content (AvgIpc) is 2.98. The van der Waals surface area contributed by atoms with Gasteiger partial charge in [-0.3, -0.25) is 19.1 Å². The minimum absolute atomic E-state index is 0.00638. The SMILES string of the molecule is Cc1ncccc1C(=O)N1[C@@H]2CC[C@H]1Cn1c(nc3ccccc3c1=O)C2. The average molecular weight is 360 g/mol. The van der Waals surface area contributed by atoms with Gasteiger partial charge in [0.05, 0.1) is 22.5 Å². The highest BCUT2D eigenvalue weighted by Gasteiger charge is 2.41. The van der Waals surface area contributed by atoms with Crippen molar-refractivity contribution in [3.05, 3.63) is 70.0 Å². The number of aromatic nitrogens is 3. The van der Waals surface area contributed by atoms with Crippen LogP contribution in [0.25, 0.3) is 10.9 Å². The third-order valence-electron chi connectivity index (χ3n) is 5.84. The molecular formula is C21H20N4O2. The molecule has 0 aliphatic carbocycles. The van der Waals surface area contributed by atoms with Crippen LogP contribution in [-0.4, -0.2) is 37.4 Å². The van der Waals surface area contributed by atoms with Gasteiger partial charge >= 0.3 is 0 Å². The van der Waals surface area contributed by atoms with E-state index >= 15 is 0 Å². The van der Waals surface area contributed by atoms with E-state index in [-0.39, 0.29) is 23.6 Å². The first-order valence-electron chi connectivity index (χ1n) is 9.36. The van der Waals surface area contributed by atoms with Crippen molar-refractivity contribution in [1.29, 1.82) is 0 Å². The summed E-state index contributed by atoms with van der Waals surface area (Å²) in [7, 11) is 0. The van der Waals surface area contributed by atoms with Crippen molar-refractivity contribution in [3.63, 3.8) is 0 Å². The number of carbonyl (C=O) groups is 1. The number of hydrogen-bond donors (Lipinski definition) is 0. The van der Waals surface area contributed by atoms with Gasteiger partial charge in [0.25, 0.3) is 11.5 Å². The quantitative estimate of drug-likeness (QED) is 0.668. The van der Waals surface area contributed by atoms with Crippen molar-refractivity contribution in [2.24, 2.45) is 0 Å². The van der Waals surface area contributed by atoms with Gasteiger partial charge < -0.3 is 4.90 Å². The molecule has 0 radical (unpaired) electrons. The molecule has 1 fully saturated rings. The lowest BCUT2D eigenvalue weighted by molar-refractivity contribution is 0.0664. The maximum Gasteiger partial charge on any atom is 0.261 e. The first-order valence-corrected chi connectivity index (χ1v) is 9.36. The summed E-state index contributed by atoms with van der Waals surface area (Å²) in [6.07, 6.45) is 4.17. The van der Waals surface area contributed by atoms with Crippen LogP contribution in [0.4, 0.5) is 0 Å². The van der Waals surface area contributed by atoms with Gasteiger partial charge in [-0.2, -0.15) is 0 Å². The summed E-state index contributed by atoms with van der Waals surface area (Å²) in [4.78, 5) is 37.3. The highest BCUT2D eigenvalue weighted by molar-refractivity contribution is 5.95. The number of amides is 1. The molecule has 27 heavy (non-hydrogen) atoms. The highest BCUT2D eigenvalue weighted by atomic mass is 16.2. The molecule has 1 amide bonds. The van der Waals surface area contributed by atoms with Gasteiger partial charge in [0.1, 0.15) is 5.82 Å². The van der Waals surface area contributed by atoms with Crippen LogP contribution < -0.4 is 5.56 Å². The van der Waals surface area contributed by atoms with Crippen LogP contribution in [0.2, 0.25) is 0 Å². The fourth-order valence-electron chi connectivity index (χ4n) is 4.50. The standard InChI is InChI=1S/C21H20N4O2/c1-13-16(6-4-10-22-13)21(27)25-14-8-9-15(25)12-24-19(11-14)23-18-7-3-2-5-17(18)20(24)26/h2-7,10,14-15H,8-9,11-12H2,1H3/t14-,15+/m1/s1. The molecule has 1 aromatic carbocycles. The largest absolute Gasteiger partial charge is 0.330 e. The molecule has 1 saturated heterocycles. The topological polar surface area (TPSA) is 68.1 Å². The minimum Gasteiger partial charge on any atom is -0.330 e. The first kappa shape index (κ1) is 16.2. The van der Waals surface area contributed by atoms with Crippen molar-refractivity contribution >= 4 is 16.8 Å². The van der Waals surface area contributed by atoms with E-state index in [1.54, 1.807) is 16.8 Å². The summed E-state index contributed by atoms with van der Waals surface area (Å²) >= 11 is 0. The summed E-state index contributed by atoms with van der Waals surface area (Å²) in [6, 6.07) is 11.2. The second kappa shape index (κ2) is 6.01. The normalized spacial score (nSPS) is 21.1. The predicted molar refractivity (Wildman–Crippen MR) is 102 cm³/mol. The lowest BCUT2D eigenvalue weighted by Crippen LogP contribution is -2.42. The van der Waals surface area contributed by atoms with Crippen LogP contribution in [-0.2, 0) is 13.0 Å². The zero-order valence-electron chi connectivity index (χ0n) is 15.1. The fraction of sp³-hybridized carbons (Fsp3) is 0.333. The first-order chi connectivity index (χ1) is 13.1. The second-order valence-electron chi connectivity index (χ2n) is 7.40. The Morgan fingerprint density at radius 2 is 1.93 bits per heavy atom. The monoisotopic (exact) mass is 360 g/mol. The molecule has 2 atom stereocenters.